The molecule has 0 heterocycles. The summed E-state index contributed by atoms with van der Waals surface area (Å²) in [6.07, 6.45) is 7.09. The molecule has 0 radical (unpaired) electrons. The summed E-state index contributed by atoms with van der Waals surface area (Å²) >= 11 is 0. The van der Waals surface area contributed by atoms with Gasteiger partial charge in [0.05, 0.1) is 5.41 Å². The van der Waals surface area contributed by atoms with Crippen LogP contribution < -0.4 is 5.73 Å². The highest BCUT2D eigenvalue weighted by molar-refractivity contribution is 5.81. The van der Waals surface area contributed by atoms with E-state index in [1.165, 1.54) is 0 Å². The van der Waals surface area contributed by atoms with Crippen LogP contribution >= 0.6 is 0 Å². The Morgan fingerprint density at radius 2 is 1.92 bits per heavy atom. The molecule has 1 aliphatic rings. The zero-order valence-electron chi connectivity index (χ0n) is 8.76. The minimum absolute atomic E-state index is 0.00231. The molecule has 2 nitrogen and oxygen atoms in total. The molecule has 0 saturated heterocycles. The Kier molecular flexibility index (Phi) is 2.51. The third-order valence-electron chi connectivity index (χ3n) is 3.67. The van der Waals surface area contributed by atoms with Gasteiger partial charge in [0, 0.05) is 0 Å². The van der Waals surface area contributed by atoms with E-state index in [9.17, 15) is 4.79 Å². The molecule has 1 unspecified atom stereocenters. The first-order valence-electron chi connectivity index (χ1n) is 4.85. The van der Waals surface area contributed by atoms with Crippen molar-refractivity contribution in [1.29, 1.82) is 0 Å². The van der Waals surface area contributed by atoms with Crippen molar-refractivity contribution in [3.63, 3.8) is 0 Å². The van der Waals surface area contributed by atoms with Crippen LogP contribution in [0.5, 0.6) is 0 Å². The van der Waals surface area contributed by atoms with Crippen molar-refractivity contribution in [2.24, 2.45) is 16.6 Å². The lowest BCUT2D eigenvalue weighted by molar-refractivity contribution is -0.133. The zero-order chi connectivity index (χ0) is 10.1. The summed E-state index contributed by atoms with van der Waals surface area (Å²) in [5.41, 5.74) is 5.09. The van der Waals surface area contributed by atoms with Gasteiger partial charge in [-0.25, -0.2) is 0 Å². The fraction of sp³-hybridized carbons (Fsp3) is 0.727. The number of carbonyl (C=O) groups excluding carboxylic acids is 1. The quantitative estimate of drug-likeness (QED) is 0.619. The summed E-state index contributed by atoms with van der Waals surface area (Å²) in [7, 11) is 0. The van der Waals surface area contributed by atoms with E-state index >= 15 is 0 Å². The van der Waals surface area contributed by atoms with Crippen LogP contribution in [0.3, 0.4) is 0 Å². The smallest absolute Gasteiger partial charge is 0.224 e. The minimum atomic E-state index is -0.389. The number of amides is 1. The summed E-state index contributed by atoms with van der Waals surface area (Å²) in [4.78, 5) is 11.4. The third-order valence-corrected chi connectivity index (χ3v) is 3.67. The highest BCUT2D eigenvalue weighted by atomic mass is 16.1. The van der Waals surface area contributed by atoms with E-state index in [2.05, 4.69) is 26.0 Å². The molecule has 0 aromatic carbocycles. The molecule has 1 atom stereocenters. The summed E-state index contributed by atoms with van der Waals surface area (Å²) < 4.78 is 0. The van der Waals surface area contributed by atoms with Crippen LogP contribution in [0.25, 0.3) is 0 Å². The number of primary amides is 1. The van der Waals surface area contributed by atoms with Crippen molar-refractivity contribution in [2.75, 3.05) is 0 Å². The van der Waals surface area contributed by atoms with Gasteiger partial charge < -0.3 is 5.73 Å². The van der Waals surface area contributed by atoms with Gasteiger partial charge in [0.25, 0.3) is 0 Å². The Morgan fingerprint density at radius 3 is 2.46 bits per heavy atom. The van der Waals surface area contributed by atoms with Gasteiger partial charge in [-0.15, -0.1) is 0 Å². The van der Waals surface area contributed by atoms with Gasteiger partial charge in [-0.1, -0.05) is 26.0 Å². The summed E-state index contributed by atoms with van der Waals surface area (Å²) in [5.74, 6) is -0.177. The molecule has 2 N–H and O–H groups in total. The monoisotopic (exact) mass is 181 g/mol. The molecule has 1 rings (SSSR count). The maximum Gasteiger partial charge on any atom is 0.224 e. The van der Waals surface area contributed by atoms with Crippen LogP contribution in [0, 0.1) is 10.8 Å². The van der Waals surface area contributed by atoms with Crippen LogP contribution in [0.2, 0.25) is 0 Å². The molecule has 0 aromatic heterocycles. The predicted octanol–water partition coefficient (Wildman–Crippen LogP) is 2.24. The lowest BCUT2D eigenvalue weighted by atomic mass is 9.63. The van der Waals surface area contributed by atoms with E-state index in [1.54, 1.807) is 0 Å². The van der Waals surface area contributed by atoms with Crippen molar-refractivity contribution >= 4 is 5.91 Å². The first kappa shape index (κ1) is 10.3. The van der Waals surface area contributed by atoms with Crippen molar-refractivity contribution < 1.29 is 4.79 Å². The number of hydrogen-bond donors (Lipinski definition) is 1. The van der Waals surface area contributed by atoms with Gasteiger partial charge >= 0.3 is 0 Å². The molecule has 0 aliphatic heterocycles. The van der Waals surface area contributed by atoms with E-state index in [0.29, 0.717) is 0 Å². The molecule has 1 amide bonds. The molecule has 2 heteroatoms. The predicted molar refractivity (Wildman–Crippen MR) is 54.1 cm³/mol. The van der Waals surface area contributed by atoms with Crippen molar-refractivity contribution in [3.05, 3.63) is 12.2 Å². The number of nitrogens with two attached hydrogens (primary N) is 1. The van der Waals surface area contributed by atoms with Gasteiger partial charge in [-0.2, -0.15) is 0 Å². The van der Waals surface area contributed by atoms with E-state index in [0.717, 1.165) is 19.3 Å². The summed E-state index contributed by atoms with van der Waals surface area (Å²) in [6, 6.07) is 0. The number of hydrogen-bond acceptors (Lipinski definition) is 1. The Hall–Kier alpha value is -0.790. The average molecular weight is 181 g/mol. The topological polar surface area (TPSA) is 43.1 Å². The maximum absolute atomic E-state index is 11.4. The molecule has 0 bridgehead atoms. The van der Waals surface area contributed by atoms with E-state index in [4.69, 9.17) is 5.73 Å². The first-order chi connectivity index (χ1) is 5.90. The highest BCUT2D eigenvalue weighted by Gasteiger charge is 2.44. The molecule has 0 saturated carbocycles. The van der Waals surface area contributed by atoms with Gasteiger partial charge in [0.1, 0.15) is 0 Å². The first-order valence-corrected chi connectivity index (χ1v) is 4.85. The Morgan fingerprint density at radius 1 is 1.31 bits per heavy atom. The molecule has 74 valence electrons. The Balaban J connectivity index is 3.02. The summed E-state index contributed by atoms with van der Waals surface area (Å²) in [5, 5.41) is 0. The van der Waals surface area contributed by atoms with Crippen LogP contribution in [-0.4, -0.2) is 5.91 Å². The van der Waals surface area contributed by atoms with Gasteiger partial charge in [-0.05, 0) is 31.6 Å². The van der Waals surface area contributed by atoms with Crippen LogP contribution in [-0.2, 0) is 4.79 Å². The van der Waals surface area contributed by atoms with Crippen LogP contribution in [0.15, 0.2) is 12.2 Å². The van der Waals surface area contributed by atoms with Crippen molar-refractivity contribution in [1.82, 2.24) is 0 Å². The van der Waals surface area contributed by atoms with E-state index in [1.807, 2.05) is 6.92 Å². The highest BCUT2D eigenvalue weighted by Crippen LogP contribution is 2.46. The number of allylic oxidation sites excluding steroid dienone is 2. The maximum atomic E-state index is 11.4. The third kappa shape index (κ3) is 1.62. The lowest BCUT2D eigenvalue weighted by Gasteiger charge is -2.40. The Labute approximate surface area is 80.2 Å². The second-order valence-corrected chi connectivity index (χ2v) is 4.79. The standard InChI is InChI=1S/C11H19NO/c1-10(2)7-5-4-6-8-11(10,3)9(12)13/h4,6H,5,7-8H2,1-3H3,(H2,12,13). The molecule has 0 fully saturated rings. The minimum Gasteiger partial charge on any atom is -0.369 e. The van der Waals surface area contributed by atoms with Crippen molar-refractivity contribution in [3.8, 4) is 0 Å². The SMILES string of the molecule is CC1(C)CCC=CCC1(C)C(N)=O. The zero-order valence-corrected chi connectivity index (χ0v) is 8.76. The van der Waals surface area contributed by atoms with Crippen LogP contribution in [0.4, 0.5) is 0 Å². The molecular weight excluding hydrogens is 162 g/mol. The normalized spacial score (nSPS) is 32.5. The van der Waals surface area contributed by atoms with Crippen molar-refractivity contribution in [2.45, 2.75) is 40.0 Å². The average Bonchev–Trinajstić information content (AvgIpc) is 2.13. The molecule has 0 aromatic rings. The van der Waals surface area contributed by atoms with Gasteiger partial charge in [-0.3, -0.25) is 4.79 Å². The lowest BCUT2D eigenvalue weighted by Crippen LogP contribution is -2.45. The molecule has 1 aliphatic carbocycles. The number of rotatable bonds is 1. The van der Waals surface area contributed by atoms with E-state index < -0.39 is 0 Å². The van der Waals surface area contributed by atoms with Gasteiger partial charge in [0.15, 0.2) is 0 Å². The summed E-state index contributed by atoms with van der Waals surface area (Å²) in [6.45, 7) is 6.24. The molecule has 13 heavy (non-hydrogen) atoms. The second kappa shape index (κ2) is 3.17. The molecule has 0 spiro atoms. The van der Waals surface area contributed by atoms with Gasteiger partial charge in [0.2, 0.25) is 5.91 Å². The largest absolute Gasteiger partial charge is 0.369 e. The molecular formula is C11H19NO. The fourth-order valence-corrected chi connectivity index (χ4v) is 1.87. The number of carbonyl (C=O) groups is 1. The fourth-order valence-electron chi connectivity index (χ4n) is 1.87. The van der Waals surface area contributed by atoms with Crippen LogP contribution in [0.1, 0.15) is 40.0 Å². The Bertz CT molecular complexity index is 242. The van der Waals surface area contributed by atoms with E-state index in [-0.39, 0.29) is 16.7 Å². The second-order valence-electron chi connectivity index (χ2n) is 4.79.